The van der Waals surface area contributed by atoms with E-state index < -0.39 is 11.7 Å². The summed E-state index contributed by atoms with van der Waals surface area (Å²) in [6.45, 7) is 6.26. The third-order valence-electron chi connectivity index (χ3n) is 1.24. The first-order valence-electron chi connectivity index (χ1n) is 4.66. The first-order chi connectivity index (χ1) is 6.45. The summed E-state index contributed by atoms with van der Waals surface area (Å²) >= 11 is 1.79. The molecule has 0 aliphatic heterocycles. The lowest BCUT2D eigenvalue weighted by Crippen LogP contribution is -2.41. The molecule has 0 aliphatic rings. The summed E-state index contributed by atoms with van der Waals surface area (Å²) in [5.74, 6) is 1.09. The number of nitrogens with one attached hydrogen (secondary N) is 2. The largest absolute Gasteiger partial charge is 0.443 e. The van der Waals surface area contributed by atoms with Gasteiger partial charge in [-0.3, -0.25) is 5.43 Å². The van der Waals surface area contributed by atoms with Gasteiger partial charge in [0.1, 0.15) is 5.60 Å². The van der Waals surface area contributed by atoms with Crippen LogP contribution in [0.5, 0.6) is 0 Å². The van der Waals surface area contributed by atoms with Gasteiger partial charge in [-0.25, -0.2) is 10.2 Å². The molecule has 2 N–H and O–H groups in total. The van der Waals surface area contributed by atoms with E-state index in [9.17, 15) is 4.79 Å². The normalized spacial score (nSPS) is 11.1. The first-order valence-corrected chi connectivity index (χ1v) is 6.06. The average Bonchev–Trinajstić information content (AvgIpc) is 2.00. The summed E-state index contributed by atoms with van der Waals surface area (Å²) in [5.41, 5.74) is 4.84. The van der Waals surface area contributed by atoms with Crippen molar-refractivity contribution >= 4 is 17.9 Å². The predicted octanol–water partition coefficient (Wildman–Crippen LogP) is 1.77. The van der Waals surface area contributed by atoms with Crippen molar-refractivity contribution in [2.75, 3.05) is 18.6 Å². The van der Waals surface area contributed by atoms with Crippen LogP contribution >= 0.6 is 11.8 Å². The van der Waals surface area contributed by atoms with Gasteiger partial charge < -0.3 is 4.74 Å². The molecule has 0 fully saturated rings. The minimum Gasteiger partial charge on any atom is -0.443 e. The number of carbonyl (C=O) groups excluding carboxylic acids is 1. The number of hydrazine groups is 1. The van der Waals surface area contributed by atoms with E-state index in [1.54, 1.807) is 11.8 Å². The van der Waals surface area contributed by atoms with Gasteiger partial charge in [-0.05, 0) is 39.2 Å². The Bertz CT molecular complexity index is 169. The van der Waals surface area contributed by atoms with Gasteiger partial charge in [-0.15, -0.1) is 0 Å². The van der Waals surface area contributed by atoms with E-state index in [2.05, 4.69) is 17.1 Å². The fourth-order valence-electron chi connectivity index (χ4n) is 0.743. The van der Waals surface area contributed by atoms with E-state index in [0.29, 0.717) is 0 Å². The molecule has 14 heavy (non-hydrogen) atoms. The number of rotatable bonds is 5. The summed E-state index contributed by atoms with van der Waals surface area (Å²) < 4.78 is 5.03. The average molecular weight is 220 g/mol. The minimum atomic E-state index is -0.439. The molecule has 0 aromatic heterocycles. The van der Waals surface area contributed by atoms with Crippen molar-refractivity contribution in [3.05, 3.63) is 0 Å². The van der Waals surface area contributed by atoms with E-state index in [4.69, 9.17) is 4.74 Å². The molecule has 4 nitrogen and oxygen atoms in total. The Labute approximate surface area is 90.1 Å². The number of carbonyl (C=O) groups is 1. The van der Waals surface area contributed by atoms with Gasteiger partial charge in [0, 0.05) is 6.54 Å². The predicted molar refractivity (Wildman–Crippen MR) is 60.4 cm³/mol. The maximum Gasteiger partial charge on any atom is 0.422 e. The van der Waals surface area contributed by atoms with Gasteiger partial charge in [0.05, 0.1) is 0 Å². The first kappa shape index (κ1) is 13.6. The second-order valence-electron chi connectivity index (χ2n) is 3.90. The molecule has 0 bridgehead atoms. The zero-order valence-electron chi connectivity index (χ0n) is 9.35. The molecule has 1 amide bonds. The highest BCUT2D eigenvalue weighted by Crippen LogP contribution is 2.05. The van der Waals surface area contributed by atoms with Crippen LogP contribution in [0.3, 0.4) is 0 Å². The molecule has 0 unspecified atom stereocenters. The zero-order valence-corrected chi connectivity index (χ0v) is 10.2. The molecular weight excluding hydrogens is 200 g/mol. The molecular formula is C9H20N2O2S. The second-order valence-corrected chi connectivity index (χ2v) is 4.89. The van der Waals surface area contributed by atoms with Crippen molar-refractivity contribution in [2.24, 2.45) is 0 Å². The van der Waals surface area contributed by atoms with Gasteiger partial charge in [-0.2, -0.15) is 11.8 Å². The fourth-order valence-corrected chi connectivity index (χ4v) is 1.18. The molecule has 0 atom stereocenters. The maximum atomic E-state index is 11.1. The van der Waals surface area contributed by atoms with E-state index in [1.807, 2.05) is 20.8 Å². The number of thioether (sulfide) groups is 1. The van der Waals surface area contributed by atoms with E-state index in [-0.39, 0.29) is 0 Å². The van der Waals surface area contributed by atoms with Crippen molar-refractivity contribution in [3.63, 3.8) is 0 Å². The molecule has 0 heterocycles. The monoisotopic (exact) mass is 220 g/mol. The number of amides is 1. The lowest BCUT2D eigenvalue weighted by molar-refractivity contribution is 0.0499. The summed E-state index contributed by atoms with van der Waals surface area (Å²) in [7, 11) is 0. The SMILES string of the molecule is CSCCCNNC(=O)OC(C)(C)C. The number of hydrogen-bond acceptors (Lipinski definition) is 4. The molecule has 5 heteroatoms. The van der Waals surface area contributed by atoms with Crippen LogP contribution in [0.15, 0.2) is 0 Å². The van der Waals surface area contributed by atoms with Gasteiger partial charge in [0.2, 0.25) is 0 Å². The third-order valence-corrected chi connectivity index (χ3v) is 1.94. The van der Waals surface area contributed by atoms with E-state index >= 15 is 0 Å². The standard InChI is InChI=1S/C9H20N2O2S/c1-9(2,3)13-8(12)11-10-6-5-7-14-4/h10H,5-7H2,1-4H3,(H,11,12). The molecule has 0 aromatic carbocycles. The van der Waals surface area contributed by atoms with Crippen molar-refractivity contribution in [1.29, 1.82) is 0 Å². The molecule has 0 spiro atoms. The molecule has 0 aliphatic carbocycles. The van der Waals surface area contributed by atoms with Crippen LogP contribution in [0.4, 0.5) is 4.79 Å². The Balaban J connectivity index is 3.36. The Morgan fingerprint density at radius 2 is 2.07 bits per heavy atom. The highest BCUT2D eigenvalue weighted by molar-refractivity contribution is 7.98. The molecule has 84 valence electrons. The topological polar surface area (TPSA) is 50.4 Å². The summed E-state index contributed by atoms with van der Waals surface area (Å²) in [4.78, 5) is 11.1. The molecule has 0 saturated heterocycles. The summed E-state index contributed by atoms with van der Waals surface area (Å²) in [5, 5.41) is 0. The molecule has 0 rings (SSSR count). The molecule has 0 radical (unpaired) electrons. The Morgan fingerprint density at radius 3 is 2.57 bits per heavy atom. The molecule has 0 saturated carbocycles. The molecule has 0 aromatic rings. The lowest BCUT2D eigenvalue weighted by atomic mass is 10.2. The van der Waals surface area contributed by atoms with Crippen LogP contribution in [0, 0.1) is 0 Å². The van der Waals surface area contributed by atoms with Crippen molar-refractivity contribution in [2.45, 2.75) is 32.8 Å². The number of ether oxygens (including phenoxy) is 1. The van der Waals surface area contributed by atoms with Crippen LogP contribution in [0.2, 0.25) is 0 Å². The maximum absolute atomic E-state index is 11.1. The fraction of sp³-hybridized carbons (Fsp3) is 0.889. The Morgan fingerprint density at radius 1 is 1.43 bits per heavy atom. The quantitative estimate of drug-likeness (QED) is 0.547. The van der Waals surface area contributed by atoms with Crippen molar-refractivity contribution in [3.8, 4) is 0 Å². The lowest BCUT2D eigenvalue weighted by Gasteiger charge is -2.19. The van der Waals surface area contributed by atoms with Gasteiger partial charge in [0.15, 0.2) is 0 Å². The summed E-state index contributed by atoms with van der Waals surface area (Å²) in [6.07, 6.45) is 2.65. The second kappa shape index (κ2) is 6.95. The van der Waals surface area contributed by atoms with Crippen LogP contribution in [-0.4, -0.2) is 30.2 Å². The van der Waals surface area contributed by atoms with Gasteiger partial charge >= 0.3 is 6.09 Å². The number of hydrogen-bond donors (Lipinski definition) is 2. The van der Waals surface area contributed by atoms with Crippen LogP contribution < -0.4 is 10.9 Å². The van der Waals surface area contributed by atoms with Crippen LogP contribution in [0.1, 0.15) is 27.2 Å². The van der Waals surface area contributed by atoms with Gasteiger partial charge in [-0.1, -0.05) is 0 Å². The van der Waals surface area contributed by atoms with E-state index in [1.165, 1.54) is 0 Å². The highest BCUT2D eigenvalue weighted by Gasteiger charge is 2.15. The Hall–Kier alpha value is -0.420. The van der Waals surface area contributed by atoms with E-state index in [0.717, 1.165) is 18.7 Å². The zero-order chi connectivity index (χ0) is 11.0. The van der Waals surface area contributed by atoms with Crippen molar-refractivity contribution < 1.29 is 9.53 Å². The highest BCUT2D eigenvalue weighted by atomic mass is 32.2. The summed E-state index contributed by atoms with van der Waals surface area (Å²) in [6, 6.07) is 0. The third kappa shape index (κ3) is 9.67. The Kier molecular flexibility index (Phi) is 6.74. The van der Waals surface area contributed by atoms with Crippen LogP contribution in [-0.2, 0) is 4.74 Å². The van der Waals surface area contributed by atoms with Gasteiger partial charge in [0.25, 0.3) is 0 Å². The van der Waals surface area contributed by atoms with Crippen molar-refractivity contribution in [1.82, 2.24) is 10.9 Å². The minimum absolute atomic E-state index is 0.429. The van der Waals surface area contributed by atoms with Crippen LogP contribution in [0.25, 0.3) is 0 Å². The smallest absolute Gasteiger partial charge is 0.422 e.